The highest BCUT2D eigenvalue weighted by molar-refractivity contribution is 5.49. The third kappa shape index (κ3) is 3.08. The normalized spacial score (nSPS) is 30.5. The second-order valence-corrected chi connectivity index (χ2v) is 6.75. The van der Waals surface area contributed by atoms with E-state index in [2.05, 4.69) is 41.2 Å². The number of aromatic nitrogens is 1. The first-order chi connectivity index (χ1) is 9.72. The predicted molar refractivity (Wildman–Crippen MR) is 85.3 cm³/mol. The molecule has 20 heavy (non-hydrogen) atoms. The summed E-state index contributed by atoms with van der Waals surface area (Å²) in [5.74, 6) is 2.79. The van der Waals surface area contributed by atoms with Gasteiger partial charge < -0.3 is 10.2 Å². The monoisotopic (exact) mass is 273 g/mol. The van der Waals surface area contributed by atoms with Crippen LogP contribution in [0.5, 0.6) is 0 Å². The average molecular weight is 273 g/mol. The van der Waals surface area contributed by atoms with Crippen molar-refractivity contribution in [1.82, 2.24) is 4.98 Å². The van der Waals surface area contributed by atoms with Crippen LogP contribution in [-0.2, 0) is 0 Å². The number of hydrogen-bond donors (Lipinski definition) is 1. The fourth-order valence-electron chi connectivity index (χ4n) is 3.70. The molecule has 0 spiro atoms. The number of nitrogens with zero attached hydrogens (tertiary/aromatic N) is 2. The molecule has 1 aliphatic heterocycles. The molecule has 0 radical (unpaired) electrons. The van der Waals surface area contributed by atoms with Crippen LogP contribution in [0.15, 0.2) is 18.3 Å². The SMILES string of the molecule is CC1CCC(Nc2ccc(N3CCCC3)nc2)C(C)C1. The van der Waals surface area contributed by atoms with Gasteiger partial charge in [-0.15, -0.1) is 0 Å². The first kappa shape index (κ1) is 13.7. The summed E-state index contributed by atoms with van der Waals surface area (Å²) in [6.45, 7) is 7.08. The molecular formula is C17H27N3. The van der Waals surface area contributed by atoms with Gasteiger partial charge in [0.1, 0.15) is 5.82 Å². The minimum absolute atomic E-state index is 0.616. The first-order valence-electron chi connectivity index (χ1n) is 8.20. The van der Waals surface area contributed by atoms with Crippen molar-refractivity contribution in [3.63, 3.8) is 0 Å². The third-order valence-electron chi connectivity index (χ3n) is 4.96. The van der Waals surface area contributed by atoms with E-state index in [4.69, 9.17) is 0 Å². The molecule has 0 aromatic carbocycles. The van der Waals surface area contributed by atoms with Gasteiger partial charge in [0.2, 0.25) is 0 Å². The number of anilines is 2. The van der Waals surface area contributed by atoms with E-state index in [-0.39, 0.29) is 0 Å². The smallest absolute Gasteiger partial charge is 0.128 e. The Hall–Kier alpha value is -1.25. The van der Waals surface area contributed by atoms with Crippen LogP contribution in [0.4, 0.5) is 11.5 Å². The molecule has 1 saturated heterocycles. The van der Waals surface area contributed by atoms with Crippen LogP contribution >= 0.6 is 0 Å². The van der Waals surface area contributed by atoms with Crippen LogP contribution in [0.25, 0.3) is 0 Å². The summed E-state index contributed by atoms with van der Waals surface area (Å²) in [5, 5.41) is 3.69. The van der Waals surface area contributed by atoms with E-state index in [9.17, 15) is 0 Å². The second kappa shape index (κ2) is 6.02. The Morgan fingerprint density at radius 2 is 1.95 bits per heavy atom. The van der Waals surface area contributed by atoms with Crippen LogP contribution in [0, 0.1) is 11.8 Å². The van der Waals surface area contributed by atoms with Gasteiger partial charge in [0, 0.05) is 19.1 Å². The molecule has 1 N–H and O–H groups in total. The molecule has 2 fully saturated rings. The van der Waals surface area contributed by atoms with E-state index in [1.807, 2.05) is 6.20 Å². The summed E-state index contributed by atoms with van der Waals surface area (Å²) in [6, 6.07) is 4.99. The number of nitrogens with one attached hydrogen (secondary N) is 1. The third-order valence-corrected chi connectivity index (χ3v) is 4.96. The van der Waals surface area contributed by atoms with Crippen molar-refractivity contribution in [2.75, 3.05) is 23.3 Å². The zero-order valence-electron chi connectivity index (χ0n) is 12.8. The van der Waals surface area contributed by atoms with Gasteiger partial charge >= 0.3 is 0 Å². The quantitative estimate of drug-likeness (QED) is 0.904. The van der Waals surface area contributed by atoms with Gasteiger partial charge in [-0.2, -0.15) is 0 Å². The van der Waals surface area contributed by atoms with Crippen LogP contribution in [0.3, 0.4) is 0 Å². The summed E-state index contributed by atoms with van der Waals surface area (Å²) in [6.07, 6.45) is 8.60. The molecule has 3 nitrogen and oxygen atoms in total. The molecule has 1 aromatic rings. The Balaban J connectivity index is 1.60. The molecule has 0 bridgehead atoms. The molecule has 1 aliphatic carbocycles. The minimum atomic E-state index is 0.616. The van der Waals surface area contributed by atoms with E-state index in [1.165, 1.54) is 37.8 Å². The molecule has 3 unspecified atom stereocenters. The molecule has 2 aliphatic rings. The molecule has 3 heteroatoms. The fraction of sp³-hybridized carbons (Fsp3) is 0.706. The Kier molecular flexibility index (Phi) is 4.13. The molecule has 3 atom stereocenters. The summed E-state index contributed by atoms with van der Waals surface area (Å²) >= 11 is 0. The lowest BCUT2D eigenvalue weighted by molar-refractivity contribution is 0.276. The van der Waals surface area contributed by atoms with Gasteiger partial charge in [0.25, 0.3) is 0 Å². The fourth-order valence-corrected chi connectivity index (χ4v) is 3.70. The van der Waals surface area contributed by atoms with Crippen molar-refractivity contribution in [3.05, 3.63) is 18.3 Å². The Bertz CT molecular complexity index is 422. The standard InChI is InChI=1S/C17H27N3/c1-13-5-7-16(14(2)11-13)19-15-6-8-17(18-12-15)20-9-3-4-10-20/h6,8,12-14,16,19H,3-5,7,9-11H2,1-2H3. The lowest BCUT2D eigenvalue weighted by Crippen LogP contribution is -2.33. The molecule has 110 valence electrons. The maximum atomic E-state index is 4.63. The zero-order valence-corrected chi connectivity index (χ0v) is 12.8. The maximum Gasteiger partial charge on any atom is 0.128 e. The van der Waals surface area contributed by atoms with Gasteiger partial charge in [0.15, 0.2) is 0 Å². The van der Waals surface area contributed by atoms with Gasteiger partial charge in [0.05, 0.1) is 11.9 Å². The highest BCUT2D eigenvalue weighted by Crippen LogP contribution is 2.31. The maximum absolute atomic E-state index is 4.63. The van der Waals surface area contributed by atoms with Gasteiger partial charge in [-0.05, 0) is 56.1 Å². The van der Waals surface area contributed by atoms with Crippen molar-refractivity contribution in [1.29, 1.82) is 0 Å². The summed E-state index contributed by atoms with van der Waals surface area (Å²) in [4.78, 5) is 7.01. The Morgan fingerprint density at radius 1 is 1.15 bits per heavy atom. The molecule has 1 saturated carbocycles. The molecular weight excluding hydrogens is 246 g/mol. The Morgan fingerprint density at radius 3 is 2.60 bits per heavy atom. The van der Waals surface area contributed by atoms with Crippen LogP contribution in [-0.4, -0.2) is 24.1 Å². The topological polar surface area (TPSA) is 28.2 Å². The highest BCUT2D eigenvalue weighted by atomic mass is 15.2. The average Bonchev–Trinajstić information content (AvgIpc) is 2.97. The zero-order chi connectivity index (χ0) is 13.9. The van der Waals surface area contributed by atoms with Crippen molar-refractivity contribution < 1.29 is 0 Å². The highest BCUT2D eigenvalue weighted by Gasteiger charge is 2.25. The first-order valence-corrected chi connectivity index (χ1v) is 8.20. The van der Waals surface area contributed by atoms with Crippen molar-refractivity contribution in [2.45, 2.75) is 52.0 Å². The molecule has 3 rings (SSSR count). The predicted octanol–water partition coefficient (Wildman–Crippen LogP) is 3.92. The lowest BCUT2D eigenvalue weighted by atomic mass is 9.80. The number of hydrogen-bond acceptors (Lipinski definition) is 3. The van der Waals surface area contributed by atoms with E-state index >= 15 is 0 Å². The number of pyridine rings is 1. The molecule has 2 heterocycles. The number of rotatable bonds is 3. The summed E-state index contributed by atoms with van der Waals surface area (Å²) in [5.41, 5.74) is 1.18. The van der Waals surface area contributed by atoms with Crippen molar-refractivity contribution in [3.8, 4) is 0 Å². The largest absolute Gasteiger partial charge is 0.381 e. The van der Waals surface area contributed by atoms with Gasteiger partial charge in [-0.3, -0.25) is 0 Å². The van der Waals surface area contributed by atoms with E-state index in [0.29, 0.717) is 6.04 Å². The molecule has 0 amide bonds. The van der Waals surface area contributed by atoms with E-state index < -0.39 is 0 Å². The van der Waals surface area contributed by atoms with Crippen molar-refractivity contribution >= 4 is 11.5 Å². The summed E-state index contributed by atoms with van der Waals surface area (Å²) < 4.78 is 0. The van der Waals surface area contributed by atoms with Gasteiger partial charge in [-0.1, -0.05) is 13.8 Å². The second-order valence-electron chi connectivity index (χ2n) is 6.75. The van der Waals surface area contributed by atoms with Crippen LogP contribution < -0.4 is 10.2 Å². The minimum Gasteiger partial charge on any atom is -0.381 e. The lowest BCUT2D eigenvalue weighted by Gasteiger charge is -2.33. The van der Waals surface area contributed by atoms with Crippen LogP contribution in [0.1, 0.15) is 46.0 Å². The van der Waals surface area contributed by atoms with E-state index in [0.717, 1.165) is 30.7 Å². The summed E-state index contributed by atoms with van der Waals surface area (Å²) in [7, 11) is 0. The van der Waals surface area contributed by atoms with E-state index in [1.54, 1.807) is 0 Å². The van der Waals surface area contributed by atoms with Crippen LogP contribution in [0.2, 0.25) is 0 Å². The molecule has 1 aromatic heterocycles. The van der Waals surface area contributed by atoms with Crippen molar-refractivity contribution in [2.24, 2.45) is 11.8 Å². The Labute approximate surface area is 122 Å². The van der Waals surface area contributed by atoms with Gasteiger partial charge in [-0.25, -0.2) is 4.98 Å².